The lowest BCUT2D eigenvalue weighted by Gasteiger charge is -2.12. The Labute approximate surface area is 94.8 Å². The van der Waals surface area contributed by atoms with E-state index in [0.717, 1.165) is 11.3 Å². The minimum absolute atomic E-state index is 0.0519. The number of aliphatic hydroxyl groups is 1. The van der Waals surface area contributed by atoms with Gasteiger partial charge in [-0.15, -0.1) is 0 Å². The minimum atomic E-state index is -0.0519. The van der Waals surface area contributed by atoms with Crippen LogP contribution in [0.5, 0.6) is 5.88 Å². The van der Waals surface area contributed by atoms with E-state index >= 15 is 0 Å². The number of hydrogen-bond acceptors (Lipinski definition) is 4. The molecular formula is C11H17N3O2. The van der Waals surface area contributed by atoms with Crippen LogP contribution in [0.1, 0.15) is 23.2 Å². The van der Waals surface area contributed by atoms with Crippen LogP contribution in [-0.2, 0) is 0 Å². The van der Waals surface area contributed by atoms with Crippen LogP contribution in [0.15, 0.2) is 6.07 Å². The van der Waals surface area contributed by atoms with Gasteiger partial charge in [0.15, 0.2) is 0 Å². The first-order valence-corrected chi connectivity index (χ1v) is 5.12. The molecule has 0 aromatic carbocycles. The molecule has 0 saturated heterocycles. The molecule has 1 heterocycles. The second-order valence-electron chi connectivity index (χ2n) is 3.60. The zero-order valence-corrected chi connectivity index (χ0v) is 9.58. The van der Waals surface area contributed by atoms with E-state index in [1.807, 2.05) is 19.9 Å². The third-order valence-electron chi connectivity index (χ3n) is 2.12. The molecule has 4 N–H and O–H groups in total. The molecule has 1 aromatic heterocycles. The average molecular weight is 223 g/mol. The molecule has 0 unspecified atom stereocenters. The van der Waals surface area contributed by atoms with Crippen LogP contribution in [0, 0.1) is 19.3 Å². The van der Waals surface area contributed by atoms with Crippen LogP contribution in [-0.4, -0.2) is 29.1 Å². The molecule has 0 bridgehead atoms. The number of nitrogens with one attached hydrogen (secondary N) is 1. The molecule has 0 aliphatic carbocycles. The summed E-state index contributed by atoms with van der Waals surface area (Å²) in [7, 11) is 0. The van der Waals surface area contributed by atoms with Crippen molar-refractivity contribution < 1.29 is 9.84 Å². The largest absolute Gasteiger partial charge is 0.477 e. The summed E-state index contributed by atoms with van der Waals surface area (Å²) in [4.78, 5) is 4.20. The fourth-order valence-electron chi connectivity index (χ4n) is 1.47. The molecule has 1 rings (SSSR count). The summed E-state index contributed by atoms with van der Waals surface area (Å²) in [5, 5.41) is 16.1. The van der Waals surface area contributed by atoms with Crippen LogP contribution in [0.3, 0.4) is 0 Å². The lowest BCUT2D eigenvalue weighted by Crippen LogP contribution is -2.17. The second-order valence-corrected chi connectivity index (χ2v) is 3.60. The van der Waals surface area contributed by atoms with Gasteiger partial charge in [0.2, 0.25) is 5.88 Å². The highest BCUT2D eigenvalue weighted by Gasteiger charge is 2.12. The summed E-state index contributed by atoms with van der Waals surface area (Å²) in [5.74, 6) is 0.322. The maximum Gasteiger partial charge on any atom is 0.225 e. The topological polar surface area (TPSA) is 92.2 Å². The number of pyridine rings is 1. The van der Waals surface area contributed by atoms with Gasteiger partial charge in [-0.3, -0.25) is 5.41 Å². The Bertz CT molecular complexity index is 391. The minimum Gasteiger partial charge on any atom is -0.477 e. The molecule has 16 heavy (non-hydrogen) atoms. The molecule has 0 amide bonds. The van der Waals surface area contributed by atoms with Crippen LogP contribution in [0.25, 0.3) is 0 Å². The maximum absolute atomic E-state index is 8.66. The highest BCUT2D eigenvalue weighted by Crippen LogP contribution is 2.20. The predicted octanol–water partition coefficient (Wildman–Crippen LogP) is 0.744. The first-order chi connectivity index (χ1) is 7.56. The molecule has 0 spiro atoms. The Kier molecular flexibility index (Phi) is 4.25. The molecule has 0 aliphatic rings. The molecular weight excluding hydrogens is 206 g/mol. The van der Waals surface area contributed by atoms with E-state index in [1.165, 1.54) is 0 Å². The van der Waals surface area contributed by atoms with Gasteiger partial charge in [-0.2, -0.15) is 0 Å². The molecule has 5 nitrogen and oxygen atoms in total. The highest BCUT2D eigenvalue weighted by molar-refractivity contribution is 5.98. The van der Waals surface area contributed by atoms with Crippen LogP contribution in [0.2, 0.25) is 0 Å². The molecule has 0 aliphatic heterocycles. The Balaban J connectivity index is 2.99. The van der Waals surface area contributed by atoms with Gasteiger partial charge < -0.3 is 15.6 Å². The summed E-state index contributed by atoms with van der Waals surface area (Å²) in [6.07, 6.45) is 0.534. The maximum atomic E-state index is 8.66. The van der Waals surface area contributed by atoms with Gasteiger partial charge in [-0.1, -0.05) is 0 Å². The lowest BCUT2D eigenvalue weighted by molar-refractivity contribution is 0.229. The van der Waals surface area contributed by atoms with Crippen LogP contribution in [0.4, 0.5) is 0 Å². The third-order valence-corrected chi connectivity index (χ3v) is 2.12. The van der Waals surface area contributed by atoms with Crippen molar-refractivity contribution in [1.29, 1.82) is 5.41 Å². The van der Waals surface area contributed by atoms with Crippen molar-refractivity contribution >= 4 is 5.84 Å². The summed E-state index contributed by atoms with van der Waals surface area (Å²) < 4.78 is 5.41. The standard InChI is InChI=1S/C11H17N3O2/c1-7-6-8(2)14-11(9(7)10(12)13)16-5-3-4-15/h6,15H,3-5H2,1-2H3,(H3,12,13). The Morgan fingerprint density at radius 1 is 1.56 bits per heavy atom. The zero-order chi connectivity index (χ0) is 12.1. The number of rotatable bonds is 5. The van der Waals surface area contributed by atoms with E-state index in [-0.39, 0.29) is 12.4 Å². The Morgan fingerprint density at radius 2 is 2.25 bits per heavy atom. The van der Waals surface area contributed by atoms with Crippen molar-refractivity contribution in [3.8, 4) is 5.88 Å². The molecule has 5 heteroatoms. The van der Waals surface area contributed by atoms with Gasteiger partial charge in [0.05, 0.1) is 12.2 Å². The first-order valence-electron chi connectivity index (χ1n) is 5.12. The highest BCUT2D eigenvalue weighted by atomic mass is 16.5. The van der Waals surface area contributed by atoms with Gasteiger partial charge >= 0.3 is 0 Å². The molecule has 0 saturated carbocycles. The predicted molar refractivity (Wildman–Crippen MR) is 61.9 cm³/mol. The van der Waals surface area contributed by atoms with E-state index in [1.54, 1.807) is 0 Å². The van der Waals surface area contributed by atoms with Gasteiger partial charge in [0, 0.05) is 18.7 Å². The number of nitrogens with two attached hydrogens (primary N) is 1. The fourth-order valence-corrected chi connectivity index (χ4v) is 1.47. The first kappa shape index (κ1) is 12.4. The molecule has 0 atom stereocenters. The number of amidine groups is 1. The summed E-state index contributed by atoms with van der Waals surface area (Å²) in [5.41, 5.74) is 7.71. The lowest BCUT2D eigenvalue weighted by atomic mass is 10.1. The van der Waals surface area contributed by atoms with Gasteiger partial charge in [0.25, 0.3) is 0 Å². The van der Waals surface area contributed by atoms with Crippen molar-refractivity contribution in [2.45, 2.75) is 20.3 Å². The van der Waals surface area contributed by atoms with E-state index in [0.29, 0.717) is 24.5 Å². The number of aryl methyl sites for hydroxylation is 2. The Hall–Kier alpha value is -1.62. The van der Waals surface area contributed by atoms with Gasteiger partial charge in [-0.05, 0) is 25.5 Å². The Morgan fingerprint density at radius 3 is 2.81 bits per heavy atom. The average Bonchev–Trinajstić information content (AvgIpc) is 2.16. The quantitative estimate of drug-likeness (QED) is 0.390. The smallest absolute Gasteiger partial charge is 0.225 e. The SMILES string of the molecule is Cc1cc(C)c(C(=N)N)c(OCCCO)n1. The number of aromatic nitrogens is 1. The fraction of sp³-hybridized carbons (Fsp3) is 0.455. The van der Waals surface area contributed by atoms with Gasteiger partial charge in [0.1, 0.15) is 5.84 Å². The van der Waals surface area contributed by atoms with E-state index in [2.05, 4.69) is 4.98 Å². The molecule has 0 radical (unpaired) electrons. The van der Waals surface area contributed by atoms with Crippen molar-refractivity contribution in [2.24, 2.45) is 5.73 Å². The summed E-state index contributed by atoms with van der Waals surface area (Å²) >= 11 is 0. The second kappa shape index (κ2) is 5.46. The molecule has 1 aromatic rings. The number of nitrogens with zero attached hydrogens (tertiary/aromatic N) is 1. The van der Waals surface area contributed by atoms with Gasteiger partial charge in [-0.25, -0.2) is 4.98 Å². The zero-order valence-electron chi connectivity index (χ0n) is 9.58. The van der Waals surface area contributed by atoms with E-state index in [9.17, 15) is 0 Å². The third kappa shape index (κ3) is 2.93. The number of nitrogen functional groups attached to an aromatic ring is 1. The van der Waals surface area contributed by atoms with Crippen molar-refractivity contribution in [2.75, 3.05) is 13.2 Å². The number of hydrogen-bond donors (Lipinski definition) is 3. The van der Waals surface area contributed by atoms with Crippen molar-refractivity contribution in [3.05, 3.63) is 22.9 Å². The van der Waals surface area contributed by atoms with E-state index in [4.69, 9.17) is 21.0 Å². The number of ether oxygens (including phenoxy) is 1. The monoisotopic (exact) mass is 223 g/mol. The molecule has 88 valence electrons. The summed E-state index contributed by atoms with van der Waals surface area (Å²) in [6.45, 7) is 4.16. The van der Waals surface area contributed by atoms with Crippen molar-refractivity contribution in [3.63, 3.8) is 0 Å². The van der Waals surface area contributed by atoms with Crippen molar-refractivity contribution in [1.82, 2.24) is 4.98 Å². The van der Waals surface area contributed by atoms with Crippen LogP contribution < -0.4 is 10.5 Å². The van der Waals surface area contributed by atoms with Crippen LogP contribution >= 0.6 is 0 Å². The molecule has 0 fully saturated rings. The summed E-state index contributed by atoms with van der Waals surface area (Å²) in [6, 6.07) is 1.86. The number of aliphatic hydroxyl groups excluding tert-OH is 1. The normalized spacial score (nSPS) is 10.2. The van der Waals surface area contributed by atoms with E-state index < -0.39 is 0 Å².